The van der Waals surface area contributed by atoms with Gasteiger partial charge < -0.3 is 14.0 Å². The topological polar surface area (TPSA) is 80.3 Å². The Balaban J connectivity index is 1.42. The molecule has 2 aromatic heterocycles. The van der Waals surface area contributed by atoms with E-state index < -0.39 is 0 Å². The van der Waals surface area contributed by atoms with E-state index >= 15 is 0 Å². The minimum absolute atomic E-state index is 0.138. The Labute approximate surface area is 165 Å². The number of piperidine rings is 1. The van der Waals surface area contributed by atoms with Crippen LogP contribution in [-0.4, -0.2) is 61.8 Å². The molecule has 152 valence electrons. The van der Waals surface area contributed by atoms with E-state index in [1.807, 2.05) is 18.7 Å². The van der Waals surface area contributed by atoms with Gasteiger partial charge in [-0.05, 0) is 52.6 Å². The van der Waals surface area contributed by atoms with Gasteiger partial charge in [-0.15, -0.1) is 10.2 Å². The van der Waals surface area contributed by atoms with Crippen LogP contribution in [0.3, 0.4) is 0 Å². The Kier molecular flexibility index (Phi) is 5.48. The van der Waals surface area contributed by atoms with E-state index in [0.717, 1.165) is 67.7 Å². The maximum absolute atomic E-state index is 12.9. The maximum atomic E-state index is 12.9. The number of nitrogens with zero attached hydrogens (tertiary/aromatic N) is 6. The normalized spacial score (nSPS) is 20.8. The van der Waals surface area contributed by atoms with E-state index in [1.165, 1.54) is 12.8 Å². The molecule has 2 saturated heterocycles. The zero-order valence-corrected chi connectivity index (χ0v) is 17.1. The molecule has 4 rings (SSSR count). The number of hydrogen-bond acceptors (Lipinski definition) is 6. The van der Waals surface area contributed by atoms with Crippen LogP contribution in [0.1, 0.15) is 60.3 Å². The van der Waals surface area contributed by atoms with Gasteiger partial charge >= 0.3 is 0 Å². The fraction of sp³-hybridized carbons (Fsp3) is 0.700. The van der Waals surface area contributed by atoms with Crippen LogP contribution in [0.15, 0.2) is 4.52 Å². The van der Waals surface area contributed by atoms with Crippen molar-refractivity contribution in [2.24, 2.45) is 7.05 Å². The summed E-state index contributed by atoms with van der Waals surface area (Å²) >= 11 is 0. The molecule has 0 radical (unpaired) electrons. The molecule has 2 aliphatic heterocycles. The summed E-state index contributed by atoms with van der Waals surface area (Å²) in [5, 5.41) is 12.9. The molecule has 1 unspecified atom stereocenters. The Bertz CT molecular complexity index is 816. The molecule has 1 amide bonds. The summed E-state index contributed by atoms with van der Waals surface area (Å²) in [5.74, 6) is 3.14. The first-order valence-corrected chi connectivity index (χ1v) is 10.3. The summed E-state index contributed by atoms with van der Waals surface area (Å²) in [6, 6.07) is 0. The van der Waals surface area contributed by atoms with Gasteiger partial charge in [-0.25, -0.2) is 0 Å². The van der Waals surface area contributed by atoms with Gasteiger partial charge in [-0.3, -0.25) is 9.69 Å². The summed E-state index contributed by atoms with van der Waals surface area (Å²) in [6.45, 7) is 8.42. The van der Waals surface area contributed by atoms with Crippen LogP contribution >= 0.6 is 0 Å². The first-order chi connectivity index (χ1) is 13.5. The zero-order chi connectivity index (χ0) is 19.7. The highest BCUT2D eigenvalue weighted by molar-refractivity contribution is 5.79. The number of rotatable bonds is 5. The van der Waals surface area contributed by atoms with E-state index in [9.17, 15) is 4.79 Å². The van der Waals surface area contributed by atoms with Crippen molar-refractivity contribution in [1.29, 1.82) is 0 Å². The zero-order valence-electron chi connectivity index (χ0n) is 17.1. The number of hydrogen-bond donors (Lipinski definition) is 0. The molecular formula is C20H30N6O2. The number of likely N-dealkylation sites (tertiary alicyclic amines) is 2. The molecule has 8 heteroatoms. The maximum Gasteiger partial charge on any atom is 0.227 e. The second-order valence-electron chi connectivity index (χ2n) is 8.18. The first-order valence-electron chi connectivity index (χ1n) is 10.3. The van der Waals surface area contributed by atoms with E-state index in [-0.39, 0.29) is 11.8 Å². The number of aromatic nitrogens is 4. The fourth-order valence-electron chi connectivity index (χ4n) is 4.44. The molecule has 0 saturated carbocycles. The van der Waals surface area contributed by atoms with Gasteiger partial charge in [0.05, 0.1) is 18.7 Å². The lowest BCUT2D eigenvalue weighted by atomic mass is 9.96. The molecule has 1 atom stereocenters. The van der Waals surface area contributed by atoms with E-state index in [4.69, 9.17) is 4.52 Å². The summed E-state index contributed by atoms with van der Waals surface area (Å²) in [6.07, 6.45) is 4.94. The van der Waals surface area contributed by atoms with Crippen molar-refractivity contribution in [3.8, 4) is 0 Å². The average Bonchev–Trinajstić information content (AvgIpc) is 3.41. The molecule has 0 spiro atoms. The van der Waals surface area contributed by atoms with Crippen molar-refractivity contribution in [1.82, 2.24) is 29.7 Å². The summed E-state index contributed by atoms with van der Waals surface area (Å²) in [7, 11) is 2.06. The van der Waals surface area contributed by atoms with Crippen molar-refractivity contribution in [3.63, 3.8) is 0 Å². The predicted molar refractivity (Wildman–Crippen MR) is 104 cm³/mol. The van der Waals surface area contributed by atoms with Crippen LogP contribution < -0.4 is 0 Å². The van der Waals surface area contributed by atoms with Crippen LogP contribution in [0.4, 0.5) is 0 Å². The van der Waals surface area contributed by atoms with Gasteiger partial charge in [0.25, 0.3) is 0 Å². The van der Waals surface area contributed by atoms with Crippen molar-refractivity contribution in [3.05, 3.63) is 28.7 Å². The third-order valence-electron chi connectivity index (χ3n) is 6.21. The van der Waals surface area contributed by atoms with Gasteiger partial charge in [0.2, 0.25) is 5.91 Å². The highest BCUT2D eigenvalue weighted by Gasteiger charge is 2.29. The second kappa shape index (κ2) is 8.03. The fourth-order valence-corrected chi connectivity index (χ4v) is 4.44. The highest BCUT2D eigenvalue weighted by atomic mass is 16.5. The predicted octanol–water partition coefficient (Wildman–Crippen LogP) is 1.96. The molecule has 28 heavy (non-hydrogen) atoms. The van der Waals surface area contributed by atoms with Gasteiger partial charge in [0, 0.05) is 31.6 Å². The van der Waals surface area contributed by atoms with Gasteiger partial charge in [-0.1, -0.05) is 5.16 Å². The van der Waals surface area contributed by atoms with Crippen LogP contribution in [0.25, 0.3) is 0 Å². The third-order valence-corrected chi connectivity index (χ3v) is 6.21. The standard InChI is InChI=1S/C20H30N6O2/c1-14-17(15(2)28-23-14)11-19(27)26-10-6-7-16(12-26)20-22-21-18(24(20)3)13-25-8-4-5-9-25/h16H,4-13H2,1-3H3. The number of aryl methyl sites for hydroxylation is 2. The number of carbonyl (C=O) groups excluding carboxylic acids is 1. The lowest BCUT2D eigenvalue weighted by Crippen LogP contribution is -2.40. The molecule has 2 fully saturated rings. The van der Waals surface area contributed by atoms with Crippen molar-refractivity contribution in [2.45, 2.75) is 58.4 Å². The van der Waals surface area contributed by atoms with Crippen LogP contribution in [-0.2, 0) is 24.8 Å². The van der Waals surface area contributed by atoms with Crippen molar-refractivity contribution in [2.75, 3.05) is 26.2 Å². The average molecular weight is 387 g/mol. The third kappa shape index (κ3) is 3.83. The molecule has 8 nitrogen and oxygen atoms in total. The Hall–Kier alpha value is -2.22. The molecule has 0 N–H and O–H groups in total. The van der Waals surface area contributed by atoms with Gasteiger partial charge in [-0.2, -0.15) is 0 Å². The van der Waals surface area contributed by atoms with Crippen molar-refractivity contribution < 1.29 is 9.32 Å². The monoisotopic (exact) mass is 386 g/mol. The molecule has 4 heterocycles. The lowest BCUT2D eigenvalue weighted by molar-refractivity contribution is -0.131. The quantitative estimate of drug-likeness (QED) is 0.782. The van der Waals surface area contributed by atoms with Gasteiger partial charge in [0.15, 0.2) is 0 Å². The second-order valence-corrected chi connectivity index (χ2v) is 8.18. The lowest BCUT2D eigenvalue weighted by Gasteiger charge is -2.32. The largest absolute Gasteiger partial charge is 0.361 e. The van der Waals surface area contributed by atoms with E-state index in [1.54, 1.807) is 0 Å². The van der Waals surface area contributed by atoms with E-state index in [0.29, 0.717) is 13.0 Å². The summed E-state index contributed by atoms with van der Waals surface area (Å²) in [5.41, 5.74) is 1.72. The molecule has 2 aromatic rings. The molecular weight excluding hydrogens is 356 g/mol. The van der Waals surface area contributed by atoms with Crippen molar-refractivity contribution >= 4 is 5.91 Å². The van der Waals surface area contributed by atoms with Crippen LogP contribution in [0, 0.1) is 13.8 Å². The van der Waals surface area contributed by atoms with Crippen LogP contribution in [0.2, 0.25) is 0 Å². The minimum Gasteiger partial charge on any atom is -0.361 e. The van der Waals surface area contributed by atoms with Crippen LogP contribution in [0.5, 0.6) is 0 Å². The molecule has 2 aliphatic rings. The SMILES string of the molecule is Cc1noc(C)c1CC(=O)N1CCCC(c2nnc(CN3CCCC3)n2C)C1. The highest BCUT2D eigenvalue weighted by Crippen LogP contribution is 2.27. The smallest absolute Gasteiger partial charge is 0.227 e. The molecule has 0 bridgehead atoms. The Morgan fingerprint density at radius 2 is 1.93 bits per heavy atom. The Morgan fingerprint density at radius 1 is 1.14 bits per heavy atom. The number of amides is 1. The van der Waals surface area contributed by atoms with E-state index in [2.05, 4.69) is 31.9 Å². The first kappa shape index (κ1) is 19.1. The molecule has 0 aliphatic carbocycles. The summed E-state index contributed by atoms with van der Waals surface area (Å²) in [4.78, 5) is 17.3. The number of carbonyl (C=O) groups is 1. The van der Waals surface area contributed by atoms with Gasteiger partial charge in [0.1, 0.15) is 17.4 Å². The minimum atomic E-state index is 0.138. The Morgan fingerprint density at radius 3 is 2.64 bits per heavy atom. The summed E-state index contributed by atoms with van der Waals surface area (Å²) < 4.78 is 7.34. The molecule has 0 aromatic carbocycles.